The first-order valence-electron chi connectivity index (χ1n) is 11.9. The number of rotatable bonds is 5. The van der Waals surface area contributed by atoms with Crippen molar-refractivity contribution in [2.24, 2.45) is 0 Å². The molecular formula is C29H29FN4S. The van der Waals surface area contributed by atoms with Crippen LogP contribution in [-0.2, 0) is 6.42 Å². The minimum atomic E-state index is -0.269. The maximum Gasteiger partial charge on any atom is 0.174 e. The number of halogens is 1. The summed E-state index contributed by atoms with van der Waals surface area (Å²) in [5.41, 5.74) is 9.06. The summed E-state index contributed by atoms with van der Waals surface area (Å²) in [5, 5.41) is 4.11. The van der Waals surface area contributed by atoms with E-state index in [1.165, 1.54) is 34.5 Å². The van der Waals surface area contributed by atoms with Gasteiger partial charge < -0.3 is 14.8 Å². The van der Waals surface area contributed by atoms with Crippen LogP contribution in [0.15, 0.2) is 72.9 Å². The number of hydrogen-bond donors (Lipinski definition) is 1. The van der Waals surface area contributed by atoms with Crippen LogP contribution in [0.3, 0.4) is 0 Å². The van der Waals surface area contributed by atoms with Crippen molar-refractivity contribution in [3.8, 4) is 5.69 Å². The largest absolute Gasteiger partial charge is 0.351 e. The Morgan fingerprint density at radius 1 is 1.00 bits per heavy atom. The van der Waals surface area contributed by atoms with Gasteiger partial charge in [-0.3, -0.25) is 4.98 Å². The lowest BCUT2D eigenvalue weighted by Gasteiger charge is -2.28. The summed E-state index contributed by atoms with van der Waals surface area (Å²) >= 11 is 5.83. The van der Waals surface area contributed by atoms with Crippen LogP contribution in [0, 0.1) is 26.6 Å². The summed E-state index contributed by atoms with van der Waals surface area (Å²) in [6.07, 6.45) is 2.76. The first-order chi connectivity index (χ1) is 16.9. The SMILES string of the molecule is CCc1cccc(C)c1-n1c(C)cc(C2C(c3ccccn3)NC(=S)N2c2ccc(F)cc2)c1C. The van der Waals surface area contributed by atoms with Gasteiger partial charge in [0.15, 0.2) is 5.11 Å². The van der Waals surface area contributed by atoms with Gasteiger partial charge in [0, 0.05) is 23.3 Å². The first kappa shape index (κ1) is 23.2. The molecule has 2 unspecified atom stereocenters. The number of nitrogens with zero attached hydrogens (tertiary/aromatic N) is 3. The van der Waals surface area contributed by atoms with E-state index >= 15 is 0 Å². The molecule has 1 fully saturated rings. The Kier molecular flexibility index (Phi) is 6.15. The number of hydrogen-bond acceptors (Lipinski definition) is 2. The molecule has 6 heteroatoms. The van der Waals surface area contributed by atoms with Gasteiger partial charge in [-0.25, -0.2) is 4.39 Å². The van der Waals surface area contributed by atoms with Gasteiger partial charge in [-0.1, -0.05) is 31.2 Å². The molecule has 2 atom stereocenters. The summed E-state index contributed by atoms with van der Waals surface area (Å²) in [6.45, 7) is 8.69. The molecule has 35 heavy (non-hydrogen) atoms. The molecule has 3 heterocycles. The van der Waals surface area contributed by atoms with E-state index in [1.54, 1.807) is 12.1 Å². The second kappa shape index (κ2) is 9.27. The lowest BCUT2D eigenvalue weighted by Crippen LogP contribution is -2.29. The Morgan fingerprint density at radius 3 is 2.46 bits per heavy atom. The molecule has 1 N–H and O–H groups in total. The summed E-state index contributed by atoms with van der Waals surface area (Å²) in [5.74, 6) is -0.269. The highest BCUT2D eigenvalue weighted by molar-refractivity contribution is 7.80. The van der Waals surface area contributed by atoms with Crippen molar-refractivity contribution in [3.63, 3.8) is 0 Å². The standard InChI is InChI=1S/C29H29FN4S/c1-5-21-10-8-9-18(2)27(21)33-19(3)17-24(20(33)4)28-26(25-11-6-7-16-31-25)32-29(35)34(28)23-14-12-22(30)13-15-23/h6-17,26,28H,5H2,1-4H3,(H,32,35). The number of aryl methyl sites for hydroxylation is 3. The van der Waals surface area contributed by atoms with E-state index in [1.807, 2.05) is 24.4 Å². The predicted molar refractivity (Wildman–Crippen MR) is 144 cm³/mol. The highest BCUT2D eigenvalue weighted by Gasteiger charge is 2.42. The zero-order valence-corrected chi connectivity index (χ0v) is 21.2. The quantitative estimate of drug-likeness (QED) is 0.321. The number of pyridine rings is 1. The number of para-hydroxylation sites is 1. The molecule has 5 rings (SSSR count). The number of thiocarbonyl (C=S) groups is 1. The van der Waals surface area contributed by atoms with Crippen LogP contribution in [0.2, 0.25) is 0 Å². The van der Waals surface area contributed by atoms with Crippen LogP contribution in [0.1, 0.15) is 52.8 Å². The average Bonchev–Trinajstić information content (AvgIpc) is 3.35. The third-order valence-corrected chi connectivity index (χ3v) is 7.23. The third kappa shape index (κ3) is 4.02. The lowest BCUT2D eigenvalue weighted by atomic mass is 9.96. The summed E-state index contributed by atoms with van der Waals surface area (Å²) in [6, 6.07) is 20.9. The van der Waals surface area contributed by atoms with Crippen molar-refractivity contribution in [3.05, 3.63) is 113 Å². The third-order valence-electron chi connectivity index (χ3n) is 6.92. The number of aromatic nitrogens is 2. The number of anilines is 1. The maximum absolute atomic E-state index is 13.8. The molecule has 1 aliphatic heterocycles. The van der Waals surface area contributed by atoms with Crippen LogP contribution in [-0.4, -0.2) is 14.7 Å². The van der Waals surface area contributed by atoms with Gasteiger partial charge in [-0.05, 0) is 98.6 Å². The van der Waals surface area contributed by atoms with Gasteiger partial charge in [-0.15, -0.1) is 0 Å². The van der Waals surface area contributed by atoms with Crippen molar-refractivity contribution < 1.29 is 4.39 Å². The lowest BCUT2D eigenvalue weighted by molar-refractivity contribution is 0.565. The number of benzene rings is 2. The second-order valence-corrected chi connectivity index (χ2v) is 9.46. The second-order valence-electron chi connectivity index (χ2n) is 9.07. The Morgan fingerprint density at radius 2 is 1.77 bits per heavy atom. The van der Waals surface area contributed by atoms with E-state index in [0.29, 0.717) is 5.11 Å². The molecule has 4 nitrogen and oxygen atoms in total. The van der Waals surface area contributed by atoms with Crippen molar-refractivity contribution in [2.45, 2.75) is 46.2 Å². The topological polar surface area (TPSA) is 33.1 Å². The highest BCUT2D eigenvalue weighted by Crippen LogP contribution is 2.44. The van der Waals surface area contributed by atoms with Crippen LogP contribution in [0.25, 0.3) is 5.69 Å². The minimum absolute atomic E-state index is 0.142. The average molecular weight is 485 g/mol. The van der Waals surface area contributed by atoms with E-state index < -0.39 is 0 Å². The molecule has 2 aromatic carbocycles. The summed E-state index contributed by atoms with van der Waals surface area (Å²) in [4.78, 5) is 6.75. The molecule has 178 valence electrons. The zero-order valence-electron chi connectivity index (χ0n) is 20.4. The van der Waals surface area contributed by atoms with E-state index in [-0.39, 0.29) is 17.9 Å². The highest BCUT2D eigenvalue weighted by atomic mass is 32.1. The molecule has 2 aromatic heterocycles. The van der Waals surface area contributed by atoms with Gasteiger partial charge in [0.05, 0.1) is 23.5 Å². The molecular weight excluding hydrogens is 455 g/mol. The molecule has 0 saturated carbocycles. The fourth-order valence-electron chi connectivity index (χ4n) is 5.31. The van der Waals surface area contributed by atoms with E-state index in [2.05, 4.69) is 71.7 Å². The fraction of sp³-hybridized carbons (Fsp3) is 0.241. The van der Waals surface area contributed by atoms with Crippen LogP contribution < -0.4 is 10.2 Å². The molecule has 1 aliphatic rings. The van der Waals surface area contributed by atoms with E-state index in [9.17, 15) is 4.39 Å². The Bertz CT molecular complexity index is 1380. The minimum Gasteiger partial charge on any atom is -0.351 e. The van der Waals surface area contributed by atoms with E-state index in [4.69, 9.17) is 12.2 Å². The van der Waals surface area contributed by atoms with Crippen LogP contribution >= 0.6 is 12.2 Å². The first-order valence-corrected chi connectivity index (χ1v) is 12.4. The smallest absolute Gasteiger partial charge is 0.174 e. The zero-order chi connectivity index (χ0) is 24.7. The summed E-state index contributed by atoms with van der Waals surface area (Å²) < 4.78 is 16.1. The molecule has 1 saturated heterocycles. The van der Waals surface area contributed by atoms with Gasteiger partial charge >= 0.3 is 0 Å². The number of nitrogens with one attached hydrogen (secondary N) is 1. The van der Waals surface area contributed by atoms with Crippen molar-refractivity contribution in [2.75, 3.05) is 4.90 Å². The molecule has 0 aliphatic carbocycles. The predicted octanol–water partition coefficient (Wildman–Crippen LogP) is 6.68. The maximum atomic E-state index is 13.8. The van der Waals surface area contributed by atoms with Crippen molar-refractivity contribution in [1.29, 1.82) is 0 Å². The monoisotopic (exact) mass is 484 g/mol. The Labute approximate surface area is 211 Å². The molecule has 4 aromatic rings. The Hall–Kier alpha value is -3.51. The van der Waals surface area contributed by atoms with Gasteiger partial charge in [-0.2, -0.15) is 0 Å². The fourth-order valence-corrected chi connectivity index (χ4v) is 5.65. The van der Waals surface area contributed by atoms with Crippen LogP contribution in [0.5, 0.6) is 0 Å². The van der Waals surface area contributed by atoms with Crippen molar-refractivity contribution in [1.82, 2.24) is 14.9 Å². The molecule has 0 spiro atoms. The van der Waals surface area contributed by atoms with Gasteiger partial charge in [0.25, 0.3) is 0 Å². The van der Waals surface area contributed by atoms with Crippen LogP contribution in [0.4, 0.5) is 10.1 Å². The summed E-state index contributed by atoms with van der Waals surface area (Å²) in [7, 11) is 0. The molecule has 0 amide bonds. The molecule has 0 bridgehead atoms. The van der Waals surface area contributed by atoms with E-state index in [0.717, 1.165) is 29.2 Å². The van der Waals surface area contributed by atoms with Crippen molar-refractivity contribution >= 4 is 23.0 Å². The Balaban J connectivity index is 1.71. The van der Waals surface area contributed by atoms with Gasteiger partial charge in [0.2, 0.25) is 0 Å². The van der Waals surface area contributed by atoms with Gasteiger partial charge in [0.1, 0.15) is 5.82 Å². The normalized spacial score (nSPS) is 17.6. The molecule has 0 radical (unpaired) electrons.